The van der Waals surface area contributed by atoms with Crippen molar-refractivity contribution in [2.45, 2.75) is 56.8 Å². The second-order valence-electron chi connectivity index (χ2n) is 8.37. The fraction of sp³-hybridized carbons (Fsp3) is 0.522. The van der Waals surface area contributed by atoms with E-state index in [2.05, 4.69) is 14.7 Å². The van der Waals surface area contributed by atoms with Crippen LogP contribution in [0.2, 0.25) is 0 Å². The molecule has 1 saturated heterocycles. The van der Waals surface area contributed by atoms with Crippen LogP contribution in [0.3, 0.4) is 0 Å². The van der Waals surface area contributed by atoms with Gasteiger partial charge in [-0.05, 0) is 61.3 Å². The molecule has 0 radical (unpaired) electrons. The molecule has 1 saturated carbocycles. The van der Waals surface area contributed by atoms with Crippen LogP contribution in [0.5, 0.6) is 5.75 Å². The highest BCUT2D eigenvalue weighted by Crippen LogP contribution is 2.42. The molecule has 1 aliphatic heterocycles. The van der Waals surface area contributed by atoms with E-state index in [9.17, 15) is 18.0 Å². The number of carbonyl (C=O) groups is 1. The van der Waals surface area contributed by atoms with Crippen molar-refractivity contribution in [1.29, 1.82) is 0 Å². The Labute approximate surface area is 184 Å². The topological polar surface area (TPSA) is 64.5 Å². The van der Waals surface area contributed by atoms with Gasteiger partial charge in [0.15, 0.2) is 0 Å². The number of ether oxygens (including phenoxy) is 2. The van der Waals surface area contributed by atoms with Gasteiger partial charge in [0, 0.05) is 32.5 Å². The van der Waals surface area contributed by atoms with Gasteiger partial charge >= 0.3 is 6.36 Å². The van der Waals surface area contributed by atoms with E-state index in [0.717, 1.165) is 36.8 Å². The molecular formula is C23H26F3N3O3. The average molecular weight is 449 g/mol. The van der Waals surface area contributed by atoms with Crippen molar-refractivity contribution in [2.24, 2.45) is 0 Å². The van der Waals surface area contributed by atoms with E-state index in [1.165, 1.54) is 24.5 Å². The average Bonchev–Trinajstić information content (AvgIpc) is 3.50. The van der Waals surface area contributed by atoms with E-state index in [1.807, 2.05) is 6.07 Å². The molecule has 0 spiro atoms. The summed E-state index contributed by atoms with van der Waals surface area (Å²) in [6, 6.07) is 4.89. The second-order valence-corrected chi connectivity index (χ2v) is 8.37. The first-order valence-electron chi connectivity index (χ1n) is 10.8. The minimum Gasteiger partial charge on any atom is -0.406 e. The number of methoxy groups -OCH3 is 1. The summed E-state index contributed by atoms with van der Waals surface area (Å²) < 4.78 is 47.4. The number of alkyl halides is 3. The van der Waals surface area contributed by atoms with E-state index in [1.54, 1.807) is 12.0 Å². The maximum absolute atomic E-state index is 12.8. The first-order valence-corrected chi connectivity index (χ1v) is 10.8. The third-order valence-electron chi connectivity index (χ3n) is 5.86. The largest absolute Gasteiger partial charge is 0.573 e. The molecule has 6 nitrogen and oxygen atoms in total. The molecule has 0 unspecified atom stereocenters. The molecule has 1 amide bonds. The lowest BCUT2D eigenvalue weighted by molar-refractivity contribution is -0.274. The zero-order chi connectivity index (χ0) is 22.7. The lowest BCUT2D eigenvalue weighted by Gasteiger charge is -2.23. The predicted molar refractivity (Wildman–Crippen MR) is 110 cm³/mol. The Morgan fingerprint density at radius 2 is 1.88 bits per heavy atom. The Bertz CT molecular complexity index is 946. The standard InChI is InChI=1S/C23H26F3N3O3/c1-31-14-19-3-2-8-29(19)22(30)18-12-27-21(28-13-18)7-4-15-9-17(16-5-6-16)11-20(10-15)32-23(24,25)26/h9-13,16,19H,2-8,14H2,1H3/t19-/m0/s1. The van der Waals surface area contributed by atoms with Gasteiger partial charge in [-0.2, -0.15) is 0 Å². The maximum Gasteiger partial charge on any atom is 0.573 e. The van der Waals surface area contributed by atoms with Crippen molar-refractivity contribution >= 4 is 5.91 Å². The lowest BCUT2D eigenvalue weighted by Crippen LogP contribution is -2.38. The van der Waals surface area contributed by atoms with Crippen LogP contribution in [-0.2, 0) is 17.6 Å². The maximum atomic E-state index is 12.8. The van der Waals surface area contributed by atoms with Crippen LogP contribution in [0, 0.1) is 0 Å². The fourth-order valence-electron chi connectivity index (χ4n) is 4.16. The molecule has 2 heterocycles. The summed E-state index contributed by atoms with van der Waals surface area (Å²) in [5.74, 6) is 0.545. The molecule has 0 bridgehead atoms. The number of halogens is 3. The monoisotopic (exact) mass is 449 g/mol. The summed E-state index contributed by atoms with van der Waals surface area (Å²) in [7, 11) is 1.62. The minimum absolute atomic E-state index is 0.0685. The summed E-state index contributed by atoms with van der Waals surface area (Å²) in [5, 5.41) is 0. The molecule has 2 aliphatic rings. The van der Waals surface area contributed by atoms with Crippen LogP contribution in [0.25, 0.3) is 0 Å². The highest BCUT2D eigenvalue weighted by molar-refractivity contribution is 5.94. The van der Waals surface area contributed by atoms with Gasteiger partial charge in [-0.1, -0.05) is 6.07 Å². The molecule has 2 fully saturated rings. The first-order chi connectivity index (χ1) is 15.3. The van der Waals surface area contributed by atoms with Crippen LogP contribution in [-0.4, -0.2) is 53.4 Å². The van der Waals surface area contributed by atoms with Crippen LogP contribution in [0.1, 0.15) is 58.9 Å². The number of nitrogens with zero attached hydrogens (tertiary/aromatic N) is 3. The number of carbonyl (C=O) groups excluding carboxylic acids is 1. The van der Waals surface area contributed by atoms with Gasteiger partial charge in [-0.3, -0.25) is 4.79 Å². The number of benzene rings is 1. The van der Waals surface area contributed by atoms with Gasteiger partial charge in [0.25, 0.3) is 5.91 Å². The first kappa shape index (κ1) is 22.5. The van der Waals surface area contributed by atoms with Crippen molar-refractivity contribution in [3.63, 3.8) is 0 Å². The fourth-order valence-corrected chi connectivity index (χ4v) is 4.16. The highest BCUT2D eigenvalue weighted by Gasteiger charge is 2.32. The highest BCUT2D eigenvalue weighted by atomic mass is 19.4. The molecule has 0 N–H and O–H groups in total. The van der Waals surface area contributed by atoms with E-state index in [0.29, 0.717) is 43.3 Å². The molecule has 172 valence electrons. The molecule has 1 atom stereocenters. The Kier molecular flexibility index (Phi) is 6.64. The molecule has 1 aromatic carbocycles. The molecular weight excluding hydrogens is 423 g/mol. The third kappa shape index (κ3) is 5.76. The van der Waals surface area contributed by atoms with Gasteiger partial charge in [-0.25, -0.2) is 9.97 Å². The zero-order valence-electron chi connectivity index (χ0n) is 17.9. The Morgan fingerprint density at radius 3 is 2.53 bits per heavy atom. The molecule has 32 heavy (non-hydrogen) atoms. The SMILES string of the molecule is COC[C@@H]1CCCN1C(=O)c1cnc(CCc2cc(OC(F)(F)F)cc(C3CC3)c2)nc1. The zero-order valence-corrected chi connectivity index (χ0v) is 17.9. The third-order valence-corrected chi connectivity index (χ3v) is 5.86. The van der Waals surface area contributed by atoms with Crippen LogP contribution < -0.4 is 4.74 Å². The van der Waals surface area contributed by atoms with Gasteiger partial charge in [0.2, 0.25) is 0 Å². The van der Waals surface area contributed by atoms with Crippen molar-refractivity contribution in [3.05, 3.63) is 53.1 Å². The van der Waals surface area contributed by atoms with Crippen molar-refractivity contribution in [1.82, 2.24) is 14.9 Å². The van der Waals surface area contributed by atoms with E-state index in [4.69, 9.17) is 4.74 Å². The van der Waals surface area contributed by atoms with Gasteiger partial charge in [0.1, 0.15) is 11.6 Å². The summed E-state index contributed by atoms with van der Waals surface area (Å²) in [6.45, 7) is 1.19. The van der Waals surface area contributed by atoms with Crippen molar-refractivity contribution < 1.29 is 27.4 Å². The molecule has 1 aromatic heterocycles. The molecule has 1 aliphatic carbocycles. The molecule has 9 heteroatoms. The lowest BCUT2D eigenvalue weighted by atomic mass is 10.0. The number of amides is 1. The van der Waals surface area contributed by atoms with E-state index >= 15 is 0 Å². The summed E-state index contributed by atoms with van der Waals surface area (Å²) in [5.41, 5.74) is 2.05. The van der Waals surface area contributed by atoms with Crippen molar-refractivity contribution in [3.8, 4) is 5.75 Å². The number of hydrogen-bond donors (Lipinski definition) is 0. The van der Waals surface area contributed by atoms with Crippen molar-refractivity contribution in [2.75, 3.05) is 20.3 Å². The Hall–Kier alpha value is -2.68. The minimum atomic E-state index is -4.72. The Morgan fingerprint density at radius 1 is 1.12 bits per heavy atom. The van der Waals surface area contributed by atoms with Gasteiger partial charge < -0.3 is 14.4 Å². The van der Waals surface area contributed by atoms with Crippen LogP contribution in [0.15, 0.2) is 30.6 Å². The smallest absolute Gasteiger partial charge is 0.406 e. The van der Waals surface area contributed by atoms with E-state index < -0.39 is 6.36 Å². The number of aromatic nitrogens is 2. The Balaban J connectivity index is 1.40. The number of likely N-dealkylation sites (tertiary alicyclic amines) is 1. The molecule has 4 rings (SSSR count). The van der Waals surface area contributed by atoms with E-state index in [-0.39, 0.29) is 17.7 Å². The van der Waals surface area contributed by atoms with Crippen LogP contribution >= 0.6 is 0 Å². The number of rotatable bonds is 8. The predicted octanol–water partition coefficient (Wildman–Crippen LogP) is 4.29. The quantitative estimate of drug-likeness (QED) is 0.602. The summed E-state index contributed by atoms with van der Waals surface area (Å²) in [6.07, 6.45) is 3.07. The normalized spacial score (nSPS) is 18.8. The molecule has 2 aromatic rings. The van der Waals surface area contributed by atoms with Crippen LogP contribution in [0.4, 0.5) is 13.2 Å². The summed E-state index contributed by atoms with van der Waals surface area (Å²) in [4.78, 5) is 23.2. The number of aryl methyl sites for hydroxylation is 2. The number of hydrogen-bond acceptors (Lipinski definition) is 5. The second kappa shape index (κ2) is 9.44. The summed E-state index contributed by atoms with van der Waals surface area (Å²) >= 11 is 0. The van der Waals surface area contributed by atoms with Gasteiger partial charge in [0.05, 0.1) is 18.2 Å². The van der Waals surface area contributed by atoms with Gasteiger partial charge in [-0.15, -0.1) is 13.2 Å².